The normalized spacial score (nSPS) is 10.6. The summed E-state index contributed by atoms with van der Waals surface area (Å²) in [6.45, 7) is 0. The van der Waals surface area contributed by atoms with Crippen molar-refractivity contribution in [2.24, 2.45) is 0 Å². The standard InChI is InChI=1S/C26H15F4NO3/c27-17-4-1-15(2-5-17)26(33)34-24-12-3-16(21-11-8-19(29)14-23(21)30)13-22(24)25(32)31-20-9-6-18(28)7-10-20/h1-14H,(H,31,32). The van der Waals surface area contributed by atoms with E-state index in [0.717, 1.165) is 30.3 Å². The third kappa shape index (κ3) is 5.12. The number of nitrogens with one attached hydrogen (secondary N) is 1. The van der Waals surface area contributed by atoms with E-state index in [9.17, 15) is 27.2 Å². The van der Waals surface area contributed by atoms with Gasteiger partial charge >= 0.3 is 5.97 Å². The lowest BCUT2D eigenvalue weighted by Crippen LogP contribution is -2.16. The quantitative estimate of drug-likeness (QED) is 0.211. The molecular weight excluding hydrogens is 450 g/mol. The molecule has 1 amide bonds. The van der Waals surface area contributed by atoms with Crippen molar-refractivity contribution in [1.29, 1.82) is 0 Å². The molecule has 0 aliphatic rings. The molecule has 4 aromatic carbocycles. The second-order valence-corrected chi connectivity index (χ2v) is 7.19. The Balaban J connectivity index is 1.71. The van der Waals surface area contributed by atoms with Gasteiger partial charge < -0.3 is 10.1 Å². The van der Waals surface area contributed by atoms with Crippen molar-refractivity contribution in [3.63, 3.8) is 0 Å². The highest BCUT2D eigenvalue weighted by molar-refractivity contribution is 6.07. The number of hydrogen-bond acceptors (Lipinski definition) is 3. The van der Waals surface area contributed by atoms with Crippen molar-refractivity contribution in [3.8, 4) is 16.9 Å². The Hall–Kier alpha value is -4.46. The summed E-state index contributed by atoms with van der Waals surface area (Å²) in [6.07, 6.45) is 0. The highest BCUT2D eigenvalue weighted by Gasteiger charge is 2.19. The van der Waals surface area contributed by atoms with Gasteiger partial charge in [-0.2, -0.15) is 0 Å². The van der Waals surface area contributed by atoms with Crippen LogP contribution >= 0.6 is 0 Å². The molecule has 0 heterocycles. The number of rotatable bonds is 5. The highest BCUT2D eigenvalue weighted by Crippen LogP contribution is 2.30. The number of carbonyl (C=O) groups is 2. The Morgan fingerprint density at radius 3 is 1.94 bits per heavy atom. The van der Waals surface area contributed by atoms with Crippen molar-refractivity contribution >= 4 is 17.6 Å². The van der Waals surface area contributed by atoms with E-state index in [1.807, 2.05) is 0 Å². The molecule has 0 saturated carbocycles. The maximum absolute atomic E-state index is 14.3. The van der Waals surface area contributed by atoms with E-state index in [2.05, 4.69) is 5.32 Å². The van der Waals surface area contributed by atoms with Gasteiger partial charge in [0.25, 0.3) is 5.91 Å². The van der Waals surface area contributed by atoms with Gasteiger partial charge in [0.2, 0.25) is 0 Å². The van der Waals surface area contributed by atoms with Gasteiger partial charge in [-0.3, -0.25) is 4.79 Å². The number of hydrogen-bond donors (Lipinski definition) is 1. The summed E-state index contributed by atoms with van der Waals surface area (Å²) in [5.74, 6) is -4.38. The lowest BCUT2D eigenvalue weighted by molar-refractivity contribution is 0.0733. The van der Waals surface area contributed by atoms with Gasteiger partial charge in [0, 0.05) is 17.3 Å². The van der Waals surface area contributed by atoms with Crippen LogP contribution in [-0.4, -0.2) is 11.9 Å². The Bertz CT molecular complexity index is 1370. The summed E-state index contributed by atoms with van der Waals surface area (Å²) in [6, 6.07) is 16.5. The maximum atomic E-state index is 14.3. The lowest BCUT2D eigenvalue weighted by Gasteiger charge is -2.13. The largest absolute Gasteiger partial charge is 0.422 e. The zero-order chi connectivity index (χ0) is 24.2. The molecule has 0 spiro atoms. The third-order valence-electron chi connectivity index (χ3n) is 4.85. The smallest absolute Gasteiger partial charge is 0.343 e. The minimum atomic E-state index is -0.850. The topological polar surface area (TPSA) is 55.4 Å². The van der Waals surface area contributed by atoms with Crippen LogP contribution in [0.1, 0.15) is 20.7 Å². The van der Waals surface area contributed by atoms with Gasteiger partial charge in [-0.25, -0.2) is 22.4 Å². The summed E-state index contributed by atoms with van der Waals surface area (Å²) in [7, 11) is 0. The summed E-state index contributed by atoms with van der Waals surface area (Å²) < 4.78 is 59.4. The molecule has 1 N–H and O–H groups in total. The zero-order valence-electron chi connectivity index (χ0n) is 17.3. The van der Waals surface area contributed by atoms with E-state index in [1.165, 1.54) is 48.5 Å². The monoisotopic (exact) mass is 465 g/mol. The molecule has 4 rings (SSSR count). The van der Waals surface area contributed by atoms with E-state index in [4.69, 9.17) is 4.74 Å². The van der Waals surface area contributed by atoms with Crippen LogP contribution in [0.4, 0.5) is 23.2 Å². The minimum Gasteiger partial charge on any atom is -0.422 e. The van der Waals surface area contributed by atoms with Crippen LogP contribution in [0.25, 0.3) is 11.1 Å². The van der Waals surface area contributed by atoms with Gasteiger partial charge in [-0.15, -0.1) is 0 Å². The van der Waals surface area contributed by atoms with E-state index < -0.39 is 35.1 Å². The van der Waals surface area contributed by atoms with Crippen LogP contribution in [0.3, 0.4) is 0 Å². The number of anilines is 1. The lowest BCUT2D eigenvalue weighted by atomic mass is 10.0. The van der Waals surface area contributed by atoms with E-state index in [0.29, 0.717) is 6.07 Å². The molecule has 34 heavy (non-hydrogen) atoms. The van der Waals surface area contributed by atoms with Crippen LogP contribution in [0.5, 0.6) is 5.75 Å². The average Bonchev–Trinajstić information content (AvgIpc) is 2.81. The molecule has 0 aliphatic carbocycles. The Morgan fingerprint density at radius 2 is 1.29 bits per heavy atom. The molecule has 0 unspecified atom stereocenters. The van der Waals surface area contributed by atoms with Gasteiger partial charge in [0.15, 0.2) is 0 Å². The number of esters is 1. The van der Waals surface area contributed by atoms with Crippen molar-refractivity contribution < 1.29 is 31.9 Å². The number of halogens is 4. The molecule has 170 valence electrons. The summed E-state index contributed by atoms with van der Waals surface area (Å²) in [4.78, 5) is 25.5. The van der Waals surface area contributed by atoms with E-state index in [-0.39, 0.29) is 33.7 Å². The second kappa shape index (κ2) is 9.58. The van der Waals surface area contributed by atoms with Crippen LogP contribution in [0.15, 0.2) is 84.9 Å². The Morgan fingerprint density at radius 1 is 0.676 bits per heavy atom. The van der Waals surface area contributed by atoms with Crippen LogP contribution < -0.4 is 10.1 Å². The SMILES string of the molecule is O=C(Oc1ccc(-c2ccc(F)cc2F)cc1C(=O)Nc1ccc(F)cc1)c1ccc(F)cc1. The molecule has 0 aliphatic heterocycles. The predicted molar refractivity (Wildman–Crippen MR) is 118 cm³/mol. The van der Waals surface area contributed by atoms with Crippen LogP contribution in [0, 0.1) is 23.3 Å². The molecule has 8 heteroatoms. The fraction of sp³-hybridized carbons (Fsp3) is 0. The third-order valence-corrected chi connectivity index (χ3v) is 4.85. The van der Waals surface area contributed by atoms with Gasteiger partial charge in [-0.1, -0.05) is 6.07 Å². The molecule has 0 saturated heterocycles. The fourth-order valence-corrected chi connectivity index (χ4v) is 3.16. The number of ether oxygens (including phenoxy) is 1. The number of carbonyl (C=O) groups excluding carboxylic acids is 2. The molecule has 0 radical (unpaired) electrons. The molecular formula is C26H15F4NO3. The van der Waals surface area contributed by atoms with E-state index >= 15 is 0 Å². The van der Waals surface area contributed by atoms with Gasteiger partial charge in [0.05, 0.1) is 11.1 Å². The first-order chi connectivity index (χ1) is 16.3. The van der Waals surface area contributed by atoms with Crippen molar-refractivity contribution in [2.45, 2.75) is 0 Å². The molecule has 4 aromatic rings. The van der Waals surface area contributed by atoms with Crippen molar-refractivity contribution in [2.75, 3.05) is 5.32 Å². The minimum absolute atomic E-state index is 0.0219. The molecule has 0 aromatic heterocycles. The number of benzene rings is 4. The van der Waals surface area contributed by atoms with Crippen LogP contribution in [-0.2, 0) is 0 Å². The first kappa shape index (κ1) is 22.7. The molecule has 0 fully saturated rings. The molecule has 0 atom stereocenters. The zero-order valence-corrected chi connectivity index (χ0v) is 17.3. The predicted octanol–water partition coefficient (Wildman–Crippen LogP) is 6.38. The van der Waals surface area contributed by atoms with Crippen LogP contribution in [0.2, 0.25) is 0 Å². The highest BCUT2D eigenvalue weighted by atomic mass is 19.1. The average molecular weight is 465 g/mol. The van der Waals surface area contributed by atoms with Crippen molar-refractivity contribution in [1.82, 2.24) is 0 Å². The summed E-state index contributed by atoms with van der Waals surface area (Å²) in [5.41, 5.74) is 0.415. The second-order valence-electron chi connectivity index (χ2n) is 7.19. The van der Waals surface area contributed by atoms with Crippen molar-refractivity contribution in [3.05, 3.63) is 119 Å². The van der Waals surface area contributed by atoms with E-state index in [1.54, 1.807) is 0 Å². The molecule has 4 nitrogen and oxygen atoms in total. The maximum Gasteiger partial charge on any atom is 0.343 e. The molecule has 0 bridgehead atoms. The number of amides is 1. The summed E-state index contributed by atoms with van der Waals surface area (Å²) >= 11 is 0. The van der Waals surface area contributed by atoms with Gasteiger partial charge in [0.1, 0.15) is 29.0 Å². The Kier molecular flexibility index (Phi) is 6.40. The Labute approximate surface area is 191 Å². The fourth-order valence-electron chi connectivity index (χ4n) is 3.16. The first-order valence-electron chi connectivity index (χ1n) is 9.94. The summed E-state index contributed by atoms with van der Waals surface area (Å²) in [5, 5.41) is 2.55. The first-order valence-corrected chi connectivity index (χ1v) is 9.94. The van der Waals surface area contributed by atoms with Gasteiger partial charge in [-0.05, 0) is 78.4 Å².